The predicted octanol–water partition coefficient (Wildman–Crippen LogP) is 1.29. The topological polar surface area (TPSA) is 113 Å². The number of carbonyl (C=O) groups is 1. The minimum absolute atomic E-state index is 0.148. The summed E-state index contributed by atoms with van der Waals surface area (Å²) >= 11 is 0. The molecule has 1 amide bonds. The number of rotatable bonds is 5. The van der Waals surface area contributed by atoms with Crippen LogP contribution in [-0.2, 0) is 6.54 Å². The Hall–Kier alpha value is -2.90. The Kier molecular flexibility index (Phi) is 3.94. The molecule has 2 aromatic rings. The summed E-state index contributed by atoms with van der Waals surface area (Å²) in [6.07, 6.45) is 1.60. The summed E-state index contributed by atoms with van der Waals surface area (Å²) in [7, 11) is 1.47. The number of H-pyrrole nitrogens is 1. The Morgan fingerprint density at radius 1 is 1.45 bits per heavy atom. The molecule has 0 aliphatic rings. The SMILES string of the molecule is CNC(=O)c1ccc(NCc2ccn[nH]2)c([N+](=O)[O-])c1. The molecule has 2 rings (SSSR count). The molecule has 0 spiro atoms. The van der Waals surface area contributed by atoms with E-state index in [1.807, 2.05) is 0 Å². The van der Waals surface area contributed by atoms with Crippen LogP contribution in [0.1, 0.15) is 16.1 Å². The number of amides is 1. The lowest BCUT2D eigenvalue weighted by molar-refractivity contribution is -0.384. The second-order valence-electron chi connectivity index (χ2n) is 4.00. The highest BCUT2D eigenvalue weighted by atomic mass is 16.6. The molecule has 3 N–H and O–H groups in total. The first kappa shape index (κ1) is 13.5. The molecule has 104 valence electrons. The second kappa shape index (κ2) is 5.83. The van der Waals surface area contributed by atoms with Gasteiger partial charge in [0.15, 0.2) is 0 Å². The molecule has 1 aromatic carbocycles. The van der Waals surface area contributed by atoms with Gasteiger partial charge in [0, 0.05) is 24.9 Å². The van der Waals surface area contributed by atoms with Crippen molar-refractivity contribution in [1.82, 2.24) is 15.5 Å². The van der Waals surface area contributed by atoms with Crippen molar-refractivity contribution >= 4 is 17.3 Å². The van der Waals surface area contributed by atoms with E-state index in [1.54, 1.807) is 12.3 Å². The van der Waals surface area contributed by atoms with Gasteiger partial charge in [-0.15, -0.1) is 0 Å². The molecule has 1 aromatic heterocycles. The average molecular weight is 275 g/mol. The highest BCUT2D eigenvalue weighted by Crippen LogP contribution is 2.26. The van der Waals surface area contributed by atoms with Gasteiger partial charge in [-0.2, -0.15) is 5.10 Å². The average Bonchev–Trinajstić information content (AvgIpc) is 2.97. The number of benzene rings is 1. The van der Waals surface area contributed by atoms with Crippen molar-refractivity contribution in [2.75, 3.05) is 12.4 Å². The van der Waals surface area contributed by atoms with Gasteiger partial charge >= 0.3 is 0 Å². The third-order valence-electron chi connectivity index (χ3n) is 2.71. The summed E-state index contributed by atoms with van der Waals surface area (Å²) in [6, 6.07) is 6.05. The Bertz CT molecular complexity index is 624. The van der Waals surface area contributed by atoms with E-state index in [4.69, 9.17) is 0 Å². The van der Waals surface area contributed by atoms with Gasteiger partial charge in [-0.25, -0.2) is 0 Å². The van der Waals surface area contributed by atoms with Crippen LogP contribution in [0.15, 0.2) is 30.5 Å². The van der Waals surface area contributed by atoms with E-state index in [1.165, 1.54) is 25.2 Å². The number of hydrogen-bond acceptors (Lipinski definition) is 5. The lowest BCUT2D eigenvalue weighted by Crippen LogP contribution is -2.18. The van der Waals surface area contributed by atoms with Crippen molar-refractivity contribution in [1.29, 1.82) is 0 Å². The molecule has 0 unspecified atom stereocenters. The molecule has 0 aliphatic heterocycles. The van der Waals surface area contributed by atoms with Crippen LogP contribution in [0.2, 0.25) is 0 Å². The molecule has 1 heterocycles. The smallest absolute Gasteiger partial charge is 0.293 e. The summed E-state index contributed by atoms with van der Waals surface area (Å²) in [5.74, 6) is -0.367. The van der Waals surface area contributed by atoms with E-state index in [2.05, 4.69) is 20.8 Å². The fraction of sp³-hybridized carbons (Fsp3) is 0.167. The maximum absolute atomic E-state index is 11.5. The summed E-state index contributed by atoms with van der Waals surface area (Å²) in [4.78, 5) is 22.0. The summed E-state index contributed by atoms with van der Waals surface area (Å²) in [5, 5.41) is 23.0. The van der Waals surface area contributed by atoms with Crippen molar-refractivity contribution < 1.29 is 9.72 Å². The van der Waals surface area contributed by atoms with Gasteiger partial charge in [0.25, 0.3) is 11.6 Å². The molecule has 20 heavy (non-hydrogen) atoms. The van der Waals surface area contributed by atoms with Gasteiger partial charge in [0.1, 0.15) is 5.69 Å². The number of nitro groups is 1. The minimum Gasteiger partial charge on any atom is -0.374 e. The number of aromatic nitrogens is 2. The molecule has 8 nitrogen and oxygen atoms in total. The molecule has 0 atom stereocenters. The minimum atomic E-state index is -0.526. The third kappa shape index (κ3) is 2.91. The van der Waals surface area contributed by atoms with Crippen LogP contribution in [0.25, 0.3) is 0 Å². The van der Waals surface area contributed by atoms with E-state index in [0.717, 1.165) is 5.69 Å². The number of nitrogens with one attached hydrogen (secondary N) is 3. The molecule has 0 saturated heterocycles. The van der Waals surface area contributed by atoms with Crippen LogP contribution in [0, 0.1) is 10.1 Å². The maximum atomic E-state index is 11.5. The van der Waals surface area contributed by atoms with Crippen LogP contribution in [0.3, 0.4) is 0 Å². The molecular formula is C12H13N5O3. The van der Waals surface area contributed by atoms with E-state index < -0.39 is 4.92 Å². The lowest BCUT2D eigenvalue weighted by Gasteiger charge is -2.07. The van der Waals surface area contributed by atoms with Crippen molar-refractivity contribution in [2.24, 2.45) is 0 Å². The fourth-order valence-electron chi connectivity index (χ4n) is 1.69. The predicted molar refractivity (Wildman–Crippen MR) is 72.4 cm³/mol. The van der Waals surface area contributed by atoms with Crippen LogP contribution in [0.5, 0.6) is 0 Å². The van der Waals surface area contributed by atoms with Crippen LogP contribution < -0.4 is 10.6 Å². The first-order valence-electron chi connectivity index (χ1n) is 5.84. The maximum Gasteiger partial charge on any atom is 0.293 e. The monoisotopic (exact) mass is 275 g/mol. The Balaban J connectivity index is 2.23. The number of aromatic amines is 1. The van der Waals surface area contributed by atoms with Gasteiger partial charge in [-0.05, 0) is 18.2 Å². The summed E-state index contributed by atoms with van der Waals surface area (Å²) in [6.45, 7) is 0.375. The van der Waals surface area contributed by atoms with Gasteiger partial charge < -0.3 is 10.6 Å². The summed E-state index contributed by atoms with van der Waals surface area (Å²) in [5.41, 5.74) is 1.24. The fourth-order valence-corrected chi connectivity index (χ4v) is 1.69. The largest absolute Gasteiger partial charge is 0.374 e. The normalized spacial score (nSPS) is 10.1. The zero-order valence-corrected chi connectivity index (χ0v) is 10.7. The van der Waals surface area contributed by atoms with Crippen LogP contribution in [0.4, 0.5) is 11.4 Å². The van der Waals surface area contributed by atoms with Gasteiger partial charge in [0.05, 0.1) is 17.2 Å². The van der Waals surface area contributed by atoms with Crippen LogP contribution >= 0.6 is 0 Å². The molecular weight excluding hydrogens is 262 g/mol. The second-order valence-corrected chi connectivity index (χ2v) is 4.00. The first-order valence-corrected chi connectivity index (χ1v) is 5.84. The quantitative estimate of drug-likeness (QED) is 0.562. The molecule has 0 saturated carbocycles. The highest BCUT2D eigenvalue weighted by Gasteiger charge is 2.17. The number of anilines is 1. The van der Waals surface area contributed by atoms with Crippen LogP contribution in [-0.4, -0.2) is 28.1 Å². The third-order valence-corrected chi connectivity index (χ3v) is 2.71. The van der Waals surface area contributed by atoms with E-state index in [0.29, 0.717) is 12.2 Å². The lowest BCUT2D eigenvalue weighted by atomic mass is 10.1. The zero-order valence-electron chi connectivity index (χ0n) is 10.7. The van der Waals surface area contributed by atoms with Crippen molar-refractivity contribution in [2.45, 2.75) is 6.54 Å². The zero-order chi connectivity index (χ0) is 14.5. The highest BCUT2D eigenvalue weighted by molar-refractivity contribution is 5.95. The van der Waals surface area contributed by atoms with E-state index in [-0.39, 0.29) is 17.2 Å². The Labute approximate surface area is 114 Å². The molecule has 0 aliphatic carbocycles. The van der Waals surface area contributed by atoms with Gasteiger partial charge in [0.2, 0.25) is 0 Å². The number of nitro benzene ring substituents is 1. The number of hydrogen-bond donors (Lipinski definition) is 3. The van der Waals surface area contributed by atoms with Gasteiger partial charge in [-0.3, -0.25) is 20.0 Å². The van der Waals surface area contributed by atoms with Crippen molar-refractivity contribution in [3.05, 3.63) is 51.8 Å². The van der Waals surface area contributed by atoms with Crippen molar-refractivity contribution in [3.63, 3.8) is 0 Å². The molecule has 0 radical (unpaired) electrons. The Morgan fingerprint density at radius 2 is 2.25 bits per heavy atom. The van der Waals surface area contributed by atoms with E-state index in [9.17, 15) is 14.9 Å². The molecule has 8 heteroatoms. The first-order chi connectivity index (χ1) is 9.61. The standard InChI is InChI=1S/C12H13N5O3/c1-13-12(18)8-2-3-10(11(6-8)17(19)20)14-7-9-4-5-15-16-9/h2-6,14H,7H2,1H3,(H,13,18)(H,15,16). The number of nitrogens with zero attached hydrogens (tertiary/aromatic N) is 2. The van der Waals surface area contributed by atoms with Gasteiger partial charge in [-0.1, -0.05) is 0 Å². The molecule has 0 bridgehead atoms. The summed E-state index contributed by atoms with van der Waals surface area (Å²) < 4.78 is 0. The van der Waals surface area contributed by atoms with Crippen molar-refractivity contribution in [3.8, 4) is 0 Å². The number of carbonyl (C=O) groups excluding carboxylic acids is 1. The van der Waals surface area contributed by atoms with E-state index >= 15 is 0 Å². The molecule has 0 fully saturated rings. The Morgan fingerprint density at radius 3 is 2.85 bits per heavy atom.